The molecule has 1 aromatic rings. The Hall–Kier alpha value is -1.35. The molecule has 1 saturated heterocycles. The molecule has 22 heavy (non-hydrogen) atoms. The van der Waals surface area contributed by atoms with Crippen LogP contribution >= 0.6 is 0 Å². The summed E-state index contributed by atoms with van der Waals surface area (Å²) in [7, 11) is 0. The maximum Gasteiger partial charge on any atom is 0.180 e. The molecule has 3 nitrogen and oxygen atoms in total. The second-order valence-corrected chi connectivity index (χ2v) is 6.75. The summed E-state index contributed by atoms with van der Waals surface area (Å²) in [5.74, 6) is 2.01. The minimum atomic E-state index is 0.181. The van der Waals surface area contributed by atoms with Crippen molar-refractivity contribution in [2.45, 2.75) is 46.5 Å². The van der Waals surface area contributed by atoms with Gasteiger partial charge in [-0.2, -0.15) is 0 Å². The zero-order valence-corrected chi connectivity index (χ0v) is 14.4. The molecule has 1 aliphatic rings. The highest BCUT2D eigenvalue weighted by Gasteiger charge is 2.21. The van der Waals surface area contributed by atoms with Crippen molar-refractivity contribution in [1.29, 1.82) is 0 Å². The van der Waals surface area contributed by atoms with Gasteiger partial charge in [-0.3, -0.25) is 9.69 Å². The summed E-state index contributed by atoms with van der Waals surface area (Å²) >= 11 is 0. The van der Waals surface area contributed by atoms with Gasteiger partial charge in [0.1, 0.15) is 5.75 Å². The van der Waals surface area contributed by atoms with E-state index in [1.807, 2.05) is 19.1 Å². The molecule has 1 aliphatic heterocycles. The molecule has 0 amide bonds. The average molecular weight is 303 g/mol. The number of carbonyl (C=O) groups is 1. The molecule has 1 aromatic carbocycles. The van der Waals surface area contributed by atoms with E-state index in [0.717, 1.165) is 24.4 Å². The van der Waals surface area contributed by atoms with Crippen LogP contribution < -0.4 is 4.74 Å². The fourth-order valence-electron chi connectivity index (χ4n) is 3.12. The van der Waals surface area contributed by atoms with Gasteiger partial charge in [-0.05, 0) is 55.8 Å². The average Bonchev–Trinajstić information content (AvgIpc) is 2.47. The molecule has 1 unspecified atom stereocenters. The van der Waals surface area contributed by atoms with Crippen molar-refractivity contribution >= 4 is 5.78 Å². The van der Waals surface area contributed by atoms with Gasteiger partial charge < -0.3 is 4.74 Å². The van der Waals surface area contributed by atoms with Crippen molar-refractivity contribution < 1.29 is 9.53 Å². The molecule has 0 aromatic heterocycles. The van der Waals surface area contributed by atoms with Crippen molar-refractivity contribution in [3.8, 4) is 5.75 Å². The Morgan fingerprint density at radius 2 is 2.18 bits per heavy atom. The number of benzene rings is 1. The van der Waals surface area contributed by atoms with Crippen LogP contribution in [0.1, 0.15) is 62.4 Å². The first-order valence-corrected chi connectivity index (χ1v) is 8.53. The summed E-state index contributed by atoms with van der Waals surface area (Å²) < 4.78 is 5.66. The number of rotatable bonds is 6. The lowest BCUT2D eigenvalue weighted by Gasteiger charge is -2.30. The largest absolute Gasteiger partial charge is 0.493 e. The molecule has 0 aliphatic carbocycles. The van der Waals surface area contributed by atoms with Gasteiger partial charge in [-0.25, -0.2) is 0 Å². The highest BCUT2D eigenvalue weighted by molar-refractivity contribution is 6.00. The van der Waals surface area contributed by atoms with Crippen LogP contribution in [0.2, 0.25) is 0 Å². The number of carbonyl (C=O) groups excluding carboxylic acids is 1. The Morgan fingerprint density at radius 1 is 1.41 bits per heavy atom. The lowest BCUT2D eigenvalue weighted by molar-refractivity contribution is 0.0889. The molecular weight excluding hydrogens is 274 g/mol. The van der Waals surface area contributed by atoms with Crippen LogP contribution in [0.25, 0.3) is 0 Å². The van der Waals surface area contributed by atoms with E-state index in [1.54, 1.807) is 0 Å². The summed E-state index contributed by atoms with van der Waals surface area (Å²) in [6.07, 6.45) is 2.47. The lowest BCUT2D eigenvalue weighted by atomic mass is 9.97. The molecule has 0 radical (unpaired) electrons. The minimum absolute atomic E-state index is 0.181. The monoisotopic (exact) mass is 303 g/mol. The summed E-state index contributed by atoms with van der Waals surface area (Å²) in [6, 6.07) is 6.03. The van der Waals surface area contributed by atoms with E-state index in [2.05, 4.69) is 31.7 Å². The third-order valence-electron chi connectivity index (χ3n) is 4.38. The van der Waals surface area contributed by atoms with Crippen LogP contribution in [0.5, 0.6) is 5.75 Å². The van der Waals surface area contributed by atoms with Crippen LogP contribution in [0, 0.1) is 5.92 Å². The van der Waals surface area contributed by atoms with Gasteiger partial charge in [-0.15, -0.1) is 0 Å². The van der Waals surface area contributed by atoms with Gasteiger partial charge in [0.2, 0.25) is 0 Å². The van der Waals surface area contributed by atoms with Gasteiger partial charge in [-0.1, -0.05) is 26.8 Å². The van der Waals surface area contributed by atoms with E-state index >= 15 is 0 Å². The lowest BCUT2D eigenvalue weighted by Crippen LogP contribution is -2.38. The Balaban J connectivity index is 2.17. The maximum absolute atomic E-state index is 12.8. The molecule has 0 spiro atoms. The van der Waals surface area contributed by atoms with Crippen molar-refractivity contribution in [2.75, 3.05) is 26.2 Å². The molecular formula is C19H29NO2. The number of hydrogen-bond acceptors (Lipinski definition) is 3. The van der Waals surface area contributed by atoms with E-state index in [1.165, 1.54) is 18.4 Å². The second kappa shape index (κ2) is 7.77. The van der Waals surface area contributed by atoms with Gasteiger partial charge in [0.05, 0.1) is 18.7 Å². The smallest absolute Gasteiger partial charge is 0.180 e. The summed E-state index contributed by atoms with van der Waals surface area (Å²) in [5.41, 5.74) is 1.94. The van der Waals surface area contributed by atoms with Gasteiger partial charge in [0, 0.05) is 6.54 Å². The molecule has 0 saturated carbocycles. The SMILES string of the molecule is CCOc1ccc(C(C)C)cc1C(=O)CN1CCCC(C)C1. The zero-order chi connectivity index (χ0) is 16.1. The van der Waals surface area contributed by atoms with Crippen molar-refractivity contribution in [1.82, 2.24) is 4.90 Å². The van der Waals surface area contributed by atoms with Crippen LogP contribution in [0.15, 0.2) is 18.2 Å². The zero-order valence-electron chi connectivity index (χ0n) is 14.4. The van der Waals surface area contributed by atoms with E-state index in [9.17, 15) is 4.79 Å². The first kappa shape index (κ1) is 17.0. The Morgan fingerprint density at radius 3 is 2.82 bits per heavy atom. The van der Waals surface area contributed by atoms with Gasteiger partial charge in [0.25, 0.3) is 0 Å². The maximum atomic E-state index is 12.8. The minimum Gasteiger partial charge on any atom is -0.493 e. The Labute approximate surface area is 134 Å². The third kappa shape index (κ3) is 4.33. The van der Waals surface area contributed by atoms with E-state index in [-0.39, 0.29) is 5.78 Å². The third-order valence-corrected chi connectivity index (χ3v) is 4.38. The highest BCUT2D eigenvalue weighted by atomic mass is 16.5. The second-order valence-electron chi connectivity index (χ2n) is 6.75. The number of likely N-dealkylation sites (tertiary alicyclic amines) is 1. The predicted octanol–water partition coefficient (Wildman–Crippen LogP) is 4.12. The number of Topliss-reactive ketones (excluding diaryl/α,β-unsaturated/α-hetero) is 1. The topological polar surface area (TPSA) is 29.5 Å². The number of ketones is 1. The molecule has 0 N–H and O–H groups in total. The normalized spacial score (nSPS) is 19.4. The Kier molecular flexibility index (Phi) is 6.01. The van der Waals surface area contributed by atoms with Crippen LogP contribution in [0.3, 0.4) is 0 Å². The molecule has 122 valence electrons. The number of hydrogen-bond donors (Lipinski definition) is 0. The van der Waals surface area contributed by atoms with Crippen LogP contribution in [-0.4, -0.2) is 36.9 Å². The molecule has 0 bridgehead atoms. The van der Waals surface area contributed by atoms with Gasteiger partial charge in [0.15, 0.2) is 5.78 Å². The first-order valence-electron chi connectivity index (χ1n) is 8.53. The van der Waals surface area contributed by atoms with Crippen LogP contribution in [0.4, 0.5) is 0 Å². The highest BCUT2D eigenvalue weighted by Crippen LogP contribution is 2.26. The summed E-state index contributed by atoms with van der Waals surface area (Å²) in [4.78, 5) is 15.1. The standard InChI is InChI=1S/C19H29NO2/c1-5-22-19-9-8-16(14(2)3)11-17(19)18(21)13-20-10-6-7-15(4)12-20/h8-9,11,14-15H,5-7,10,12-13H2,1-4H3. The van der Waals surface area contributed by atoms with Crippen molar-refractivity contribution in [3.63, 3.8) is 0 Å². The van der Waals surface area contributed by atoms with E-state index in [4.69, 9.17) is 4.74 Å². The summed E-state index contributed by atoms with van der Waals surface area (Å²) in [5, 5.41) is 0. The molecule has 1 fully saturated rings. The fraction of sp³-hybridized carbons (Fsp3) is 0.632. The quantitative estimate of drug-likeness (QED) is 0.740. The van der Waals surface area contributed by atoms with E-state index < -0.39 is 0 Å². The molecule has 2 rings (SSSR count). The fourth-order valence-corrected chi connectivity index (χ4v) is 3.12. The molecule has 1 atom stereocenters. The predicted molar refractivity (Wildman–Crippen MR) is 90.9 cm³/mol. The van der Waals surface area contributed by atoms with E-state index in [0.29, 0.717) is 25.0 Å². The first-order chi connectivity index (χ1) is 10.5. The van der Waals surface area contributed by atoms with Crippen LogP contribution in [-0.2, 0) is 0 Å². The van der Waals surface area contributed by atoms with Crippen molar-refractivity contribution in [3.05, 3.63) is 29.3 Å². The number of nitrogens with zero attached hydrogens (tertiary/aromatic N) is 1. The molecule has 1 heterocycles. The number of piperidine rings is 1. The summed E-state index contributed by atoms with van der Waals surface area (Å²) in [6.45, 7) is 11.7. The number of ether oxygens (including phenoxy) is 1. The van der Waals surface area contributed by atoms with Gasteiger partial charge >= 0.3 is 0 Å². The Bertz CT molecular complexity index is 510. The molecule has 3 heteroatoms. The van der Waals surface area contributed by atoms with Crippen molar-refractivity contribution in [2.24, 2.45) is 5.92 Å².